The zero-order valence-electron chi connectivity index (χ0n) is 18.2. The Balaban J connectivity index is 2.09. The van der Waals surface area contributed by atoms with Crippen molar-refractivity contribution >= 4 is 21.8 Å². The molecule has 0 amide bonds. The molecule has 29 heavy (non-hydrogen) atoms. The molecule has 4 rings (SSSR count). The second-order valence-electron chi connectivity index (χ2n) is 9.96. The molecule has 0 aliphatic carbocycles. The Bertz CT molecular complexity index is 1180. The van der Waals surface area contributed by atoms with Crippen LogP contribution < -0.4 is 0 Å². The average molecular weight is 381 g/mol. The van der Waals surface area contributed by atoms with Gasteiger partial charge in [-0.3, -0.25) is 0 Å². The Kier molecular flexibility index (Phi) is 4.32. The number of benzene rings is 3. The molecule has 0 unspecified atom stereocenters. The summed E-state index contributed by atoms with van der Waals surface area (Å²) in [6, 6.07) is 23.7. The van der Waals surface area contributed by atoms with Crippen LogP contribution in [0.1, 0.15) is 58.2 Å². The summed E-state index contributed by atoms with van der Waals surface area (Å²) in [4.78, 5) is 0. The van der Waals surface area contributed by atoms with Gasteiger partial charge in [-0.05, 0) is 70.5 Å². The number of fused-ring (bicyclic) bond motifs is 3. The molecule has 0 saturated carbocycles. The average Bonchev–Trinajstić information content (AvgIpc) is 3.00. The van der Waals surface area contributed by atoms with Gasteiger partial charge in [-0.2, -0.15) is 5.26 Å². The van der Waals surface area contributed by atoms with Gasteiger partial charge in [0, 0.05) is 16.5 Å². The van der Waals surface area contributed by atoms with E-state index in [2.05, 4.69) is 88.6 Å². The van der Waals surface area contributed by atoms with Gasteiger partial charge in [0.2, 0.25) is 0 Å². The Labute approximate surface area is 173 Å². The van der Waals surface area contributed by atoms with Gasteiger partial charge in [0.05, 0.1) is 22.7 Å². The monoisotopic (exact) mass is 380 g/mol. The molecule has 0 radical (unpaired) electrons. The number of nitrogens with zero attached hydrogens (tertiary/aromatic N) is 2. The van der Waals surface area contributed by atoms with E-state index in [1.165, 1.54) is 32.9 Å². The van der Waals surface area contributed by atoms with E-state index in [1.54, 1.807) is 0 Å². The number of hydrogen-bond donors (Lipinski definition) is 0. The van der Waals surface area contributed by atoms with E-state index in [0.717, 1.165) is 5.69 Å². The van der Waals surface area contributed by atoms with Crippen LogP contribution >= 0.6 is 0 Å². The lowest BCUT2D eigenvalue weighted by Gasteiger charge is -2.19. The minimum atomic E-state index is 0.0959. The summed E-state index contributed by atoms with van der Waals surface area (Å²) in [5, 5.41) is 11.7. The molecule has 0 bridgehead atoms. The molecule has 1 aromatic heterocycles. The molecule has 146 valence electrons. The predicted octanol–water partition coefficient (Wildman–Crippen LogP) is 7.25. The summed E-state index contributed by atoms with van der Waals surface area (Å²) < 4.78 is 2.31. The molecule has 4 aromatic rings. The Morgan fingerprint density at radius 2 is 1.10 bits per heavy atom. The second kappa shape index (κ2) is 6.49. The largest absolute Gasteiger partial charge is 0.309 e. The molecule has 0 aliphatic rings. The van der Waals surface area contributed by atoms with Gasteiger partial charge in [0.25, 0.3) is 0 Å². The second-order valence-corrected chi connectivity index (χ2v) is 9.96. The first kappa shape index (κ1) is 19.3. The number of nitriles is 1. The zero-order valence-corrected chi connectivity index (χ0v) is 18.2. The van der Waals surface area contributed by atoms with Crippen molar-refractivity contribution in [2.45, 2.75) is 52.4 Å². The standard InChI is InChI=1S/C27H28N2/c1-26(2,3)19-9-13-24-22(15-19)23-16-20(27(4,5)6)10-14-25(23)29(24)21-11-7-18(17-28)8-12-21/h7-16H,1-6H3. The fourth-order valence-corrected chi connectivity index (χ4v) is 3.92. The minimum absolute atomic E-state index is 0.0959. The molecule has 0 fully saturated rings. The van der Waals surface area contributed by atoms with Crippen LogP contribution in [0.2, 0.25) is 0 Å². The highest BCUT2D eigenvalue weighted by Gasteiger charge is 2.20. The van der Waals surface area contributed by atoms with E-state index >= 15 is 0 Å². The highest BCUT2D eigenvalue weighted by molar-refractivity contribution is 6.09. The fraction of sp³-hybridized carbons (Fsp3) is 0.296. The zero-order chi connectivity index (χ0) is 21.0. The molecule has 0 saturated heterocycles. The van der Waals surface area contributed by atoms with Crippen LogP contribution in [0.25, 0.3) is 27.5 Å². The van der Waals surface area contributed by atoms with E-state index < -0.39 is 0 Å². The van der Waals surface area contributed by atoms with Gasteiger partial charge in [0.15, 0.2) is 0 Å². The van der Waals surface area contributed by atoms with E-state index in [0.29, 0.717) is 5.56 Å². The number of aromatic nitrogens is 1. The van der Waals surface area contributed by atoms with E-state index in [9.17, 15) is 0 Å². The van der Waals surface area contributed by atoms with Gasteiger partial charge in [-0.15, -0.1) is 0 Å². The molecule has 0 aliphatic heterocycles. The van der Waals surface area contributed by atoms with Crippen LogP contribution in [0.4, 0.5) is 0 Å². The van der Waals surface area contributed by atoms with Gasteiger partial charge in [-0.1, -0.05) is 53.7 Å². The van der Waals surface area contributed by atoms with Crippen molar-refractivity contribution in [1.29, 1.82) is 5.26 Å². The molecular formula is C27H28N2. The maximum atomic E-state index is 9.16. The van der Waals surface area contributed by atoms with Crippen LogP contribution in [-0.4, -0.2) is 4.57 Å². The Morgan fingerprint density at radius 3 is 1.48 bits per heavy atom. The third-order valence-corrected chi connectivity index (χ3v) is 5.75. The molecule has 1 heterocycles. The number of hydrogen-bond acceptors (Lipinski definition) is 1. The predicted molar refractivity (Wildman–Crippen MR) is 123 cm³/mol. The van der Waals surface area contributed by atoms with Crippen molar-refractivity contribution in [2.24, 2.45) is 0 Å². The normalized spacial score (nSPS) is 12.4. The van der Waals surface area contributed by atoms with Crippen LogP contribution in [0.5, 0.6) is 0 Å². The van der Waals surface area contributed by atoms with Crippen LogP contribution in [0.15, 0.2) is 60.7 Å². The van der Waals surface area contributed by atoms with Crippen molar-refractivity contribution in [3.8, 4) is 11.8 Å². The minimum Gasteiger partial charge on any atom is -0.309 e. The van der Waals surface area contributed by atoms with Crippen molar-refractivity contribution in [3.63, 3.8) is 0 Å². The first-order valence-electron chi connectivity index (χ1n) is 10.2. The van der Waals surface area contributed by atoms with Gasteiger partial charge >= 0.3 is 0 Å². The highest BCUT2D eigenvalue weighted by atomic mass is 15.0. The van der Waals surface area contributed by atoms with E-state index in [1.807, 2.05) is 24.3 Å². The molecule has 3 aromatic carbocycles. The lowest BCUT2D eigenvalue weighted by Crippen LogP contribution is -2.10. The summed E-state index contributed by atoms with van der Waals surface area (Å²) in [6.07, 6.45) is 0. The van der Waals surface area contributed by atoms with Crippen LogP contribution in [0, 0.1) is 11.3 Å². The molecular weight excluding hydrogens is 352 g/mol. The van der Waals surface area contributed by atoms with Gasteiger partial charge in [0.1, 0.15) is 0 Å². The van der Waals surface area contributed by atoms with Crippen molar-refractivity contribution in [3.05, 3.63) is 77.4 Å². The Hall–Kier alpha value is -3.05. The molecule has 0 spiro atoms. The Morgan fingerprint density at radius 1 is 0.655 bits per heavy atom. The quantitative estimate of drug-likeness (QED) is 0.342. The maximum Gasteiger partial charge on any atom is 0.0991 e. The fourth-order valence-electron chi connectivity index (χ4n) is 3.92. The van der Waals surface area contributed by atoms with E-state index in [-0.39, 0.29) is 10.8 Å². The smallest absolute Gasteiger partial charge is 0.0991 e. The van der Waals surface area contributed by atoms with Crippen molar-refractivity contribution in [1.82, 2.24) is 4.57 Å². The molecule has 0 atom stereocenters. The first-order chi connectivity index (χ1) is 13.6. The van der Waals surface area contributed by atoms with E-state index in [4.69, 9.17) is 5.26 Å². The lowest BCUT2D eigenvalue weighted by atomic mass is 9.85. The summed E-state index contributed by atoms with van der Waals surface area (Å²) in [5.74, 6) is 0. The summed E-state index contributed by atoms with van der Waals surface area (Å²) in [6.45, 7) is 13.6. The van der Waals surface area contributed by atoms with Crippen molar-refractivity contribution < 1.29 is 0 Å². The lowest BCUT2D eigenvalue weighted by molar-refractivity contribution is 0.590. The highest BCUT2D eigenvalue weighted by Crippen LogP contribution is 2.37. The van der Waals surface area contributed by atoms with Crippen LogP contribution in [-0.2, 0) is 10.8 Å². The summed E-state index contributed by atoms with van der Waals surface area (Å²) >= 11 is 0. The third kappa shape index (κ3) is 3.32. The summed E-state index contributed by atoms with van der Waals surface area (Å²) in [5.41, 5.74) is 7.02. The van der Waals surface area contributed by atoms with Gasteiger partial charge < -0.3 is 4.57 Å². The van der Waals surface area contributed by atoms with Gasteiger partial charge in [-0.25, -0.2) is 0 Å². The maximum absolute atomic E-state index is 9.16. The van der Waals surface area contributed by atoms with Crippen LogP contribution in [0.3, 0.4) is 0 Å². The molecule has 2 heteroatoms. The SMILES string of the molecule is CC(C)(C)c1ccc2c(c1)c1cc(C(C)(C)C)ccc1n2-c1ccc(C#N)cc1. The topological polar surface area (TPSA) is 28.7 Å². The number of rotatable bonds is 1. The summed E-state index contributed by atoms with van der Waals surface area (Å²) in [7, 11) is 0. The van der Waals surface area contributed by atoms with Crippen molar-refractivity contribution in [2.75, 3.05) is 0 Å². The molecule has 2 nitrogen and oxygen atoms in total. The molecule has 0 N–H and O–H groups in total. The first-order valence-corrected chi connectivity index (χ1v) is 10.2. The third-order valence-electron chi connectivity index (χ3n) is 5.75.